The average Bonchev–Trinajstić information content (AvgIpc) is 2.76. The van der Waals surface area contributed by atoms with Crippen LogP contribution in [0.25, 0.3) is 0 Å². The third-order valence-electron chi connectivity index (χ3n) is 2.32. The van der Waals surface area contributed by atoms with Crippen LogP contribution in [0, 0.1) is 0 Å². The first kappa shape index (κ1) is 9.28. The van der Waals surface area contributed by atoms with Gasteiger partial charge in [-0.2, -0.15) is 0 Å². The Morgan fingerprint density at radius 3 is 2.85 bits per heavy atom. The van der Waals surface area contributed by atoms with Crippen molar-refractivity contribution in [3.05, 3.63) is 16.3 Å². The molecular formula is C10H12OS2. The molecule has 2 rings (SSSR count). The zero-order chi connectivity index (χ0) is 9.10. The Kier molecular flexibility index (Phi) is 3.06. The highest BCUT2D eigenvalue weighted by atomic mass is 32.2. The summed E-state index contributed by atoms with van der Waals surface area (Å²) in [6.07, 6.45) is 6.38. The van der Waals surface area contributed by atoms with Crippen LogP contribution in [-0.2, 0) is 0 Å². The molecule has 0 bridgehead atoms. The smallest absolute Gasteiger partial charge is 0.160 e. The number of rotatable bonds is 3. The van der Waals surface area contributed by atoms with Gasteiger partial charge in [-0.3, -0.25) is 4.79 Å². The van der Waals surface area contributed by atoms with E-state index in [2.05, 4.69) is 5.38 Å². The van der Waals surface area contributed by atoms with E-state index in [1.54, 1.807) is 11.3 Å². The number of hydrogen-bond donors (Lipinski definition) is 0. The van der Waals surface area contributed by atoms with Crippen LogP contribution in [0.4, 0.5) is 0 Å². The largest absolute Gasteiger partial charge is 0.297 e. The van der Waals surface area contributed by atoms with Gasteiger partial charge >= 0.3 is 0 Å². The van der Waals surface area contributed by atoms with Gasteiger partial charge in [0.1, 0.15) is 0 Å². The summed E-state index contributed by atoms with van der Waals surface area (Å²) in [6.45, 7) is 0. The molecule has 1 aromatic rings. The number of carbonyl (C=O) groups is 1. The molecule has 0 atom stereocenters. The Morgan fingerprint density at radius 1 is 1.46 bits per heavy atom. The molecule has 0 aromatic carbocycles. The van der Waals surface area contributed by atoms with Gasteiger partial charge in [-0.05, 0) is 18.9 Å². The van der Waals surface area contributed by atoms with Crippen molar-refractivity contribution in [2.24, 2.45) is 0 Å². The molecule has 0 aliphatic heterocycles. The van der Waals surface area contributed by atoms with Crippen LogP contribution in [0.5, 0.6) is 0 Å². The van der Waals surface area contributed by atoms with Crippen LogP contribution >= 0.6 is 23.1 Å². The number of aldehydes is 1. The summed E-state index contributed by atoms with van der Waals surface area (Å²) in [4.78, 5) is 12.6. The molecule has 70 valence electrons. The monoisotopic (exact) mass is 212 g/mol. The Hall–Kier alpha value is -0.280. The van der Waals surface area contributed by atoms with E-state index in [4.69, 9.17) is 0 Å². The Morgan fingerprint density at radius 2 is 2.23 bits per heavy atom. The molecule has 0 unspecified atom stereocenters. The fraction of sp³-hybridized carbons (Fsp3) is 0.500. The van der Waals surface area contributed by atoms with Crippen molar-refractivity contribution >= 4 is 29.4 Å². The summed E-state index contributed by atoms with van der Waals surface area (Å²) in [5, 5.41) is 2.89. The normalized spacial score (nSPS) is 17.8. The van der Waals surface area contributed by atoms with E-state index < -0.39 is 0 Å². The van der Waals surface area contributed by atoms with Crippen LogP contribution < -0.4 is 0 Å². The zero-order valence-electron chi connectivity index (χ0n) is 7.36. The Bertz CT molecular complexity index is 287. The highest BCUT2D eigenvalue weighted by Crippen LogP contribution is 2.36. The van der Waals surface area contributed by atoms with Crippen molar-refractivity contribution in [3.63, 3.8) is 0 Å². The summed E-state index contributed by atoms with van der Waals surface area (Å²) < 4.78 is 0. The second kappa shape index (κ2) is 4.29. The van der Waals surface area contributed by atoms with Gasteiger partial charge in [-0.25, -0.2) is 0 Å². The summed E-state index contributed by atoms with van der Waals surface area (Å²) in [7, 11) is 0. The maximum absolute atomic E-state index is 10.5. The molecule has 1 nitrogen and oxygen atoms in total. The molecule has 0 N–H and O–H groups in total. The van der Waals surface area contributed by atoms with Crippen molar-refractivity contribution in [3.8, 4) is 0 Å². The van der Waals surface area contributed by atoms with Gasteiger partial charge in [0.15, 0.2) is 6.29 Å². The predicted molar refractivity (Wildman–Crippen MR) is 57.8 cm³/mol. The lowest BCUT2D eigenvalue weighted by Gasteiger charge is -2.05. The maximum atomic E-state index is 10.5. The minimum Gasteiger partial charge on any atom is -0.297 e. The predicted octanol–water partition coefficient (Wildman–Crippen LogP) is 3.60. The van der Waals surface area contributed by atoms with E-state index in [1.165, 1.54) is 30.6 Å². The van der Waals surface area contributed by atoms with E-state index in [-0.39, 0.29) is 0 Å². The second-order valence-electron chi connectivity index (χ2n) is 3.33. The van der Waals surface area contributed by atoms with Crippen molar-refractivity contribution in [1.82, 2.24) is 0 Å². The van der Waals surface area contributed by atoms with E-state index in [0.29, 0.717) is 0 Å². The lowest BCUT2D eigenvalue weighted by molar-refractivity contribution is 0.112. The van der Waals surface area contributed by atoms with E-state index in [0.717, 1.165) is 16.4 Å². The molecule has 0 saturated heterocycles. The quantitative estimate of drug-likeness (QED) is 0.712. The SMILES string of the molecule is O=Cc1cc(SC2CCCC2)cs1. The lowest BCUT2D eigenvalue weighted by Crippen LogP contribution is -1.91. The van der Waals surface area contributed by atoms with Crippen molar-refractivity contribution in [2.75, 3.05) is 0 Å². The third-order valence-corrected chi connectivity index (χ3v) is 4.64. The van der Waals surface area contributed by atoms with Gasteiger partial charge in [-0.15, -0.1) is 23.1 Å². The van der Waals surface area contributed by atoms with Gasteiger partial charge in [0.2, 0.25) is 0 Å². The molecule has 1 aliphatic carbocycles. The molecule has 3 heteroatoms. The third kappa shape index (κ3) is 2.35. The standard InChI is InChI=1S/C10H12OS2/c11-6-9-5-10(7-12-9)13-8-3-1-2-4-8/h5-8H,1-4H2. The first-order chi connectivity index (χ1) is 6.38. The summed E-state index contributed by atoms with van der Waals surface area (Å²) in [5.74, 6) is 0. The van der Waals surface area contributed by atoms with Gasteiger partial charge in [0, 0.05) is 15.5 Å². The number of thioether (sulfide) groups is 1. The van der Waals surface area contributed by atoms with Crippen molar-refractivity contribution < 1.29 is 4.79 Å². The molecule has 0 radical (unpaired) electrons. The summed E-state index contributed by atoms with van der Waals surface area (Å²) >= 11 is 3.48. The van der Waals surface area contributed by atoms with Crippen molar-refractivity contribution in [1.29, 1.82) is 0 Å². The Labute approximate surface area is 86.5 Å². The maximum Gasteiger partial charge on any atom is 0.160 e. The molecule has 1 fully saturated rings. The number of carbonyl (C=O) groups excluding carboxylic acids is 1. The minimum absolute atomic E-state index is 0.800. The first-order valence-electron chi connectivity index (χ1n) is 4.59. The van der Waals surface area contributed by atoms with Gasteiger partial charge in [0.05, 0.1) is 4.88 Å². The van der Waals surface area contributed by atoms with E-state index in [9.17, 15) is 4.79 Å². The molecule has 1 aliphatic rings. The van der Waals surface area contributed by atoms with Crippen LogP contribution in [0.15, 0.2) is 16.3 Å². The molecule has 1 saturated carbocycles. The number of hydrogen-bond acceptors (Lipinski definition) is 3. The molecule has 1 heterocycles. The van der Waals surface area contributed by atoms with Crippen LogP contribution in [-0.4, -0.2) is 11.5 Å². The van der Waals surface area contributed by atoms with Crippen LogP contribution in [0.3, 0.4) is 0 Å². The van der Waals surface area contributed by atoms with Gasteiger partial charge in [0.25, 0.3) is 0 Å². The van der Waals surface area contributed by atoms with Crippen molar-refractivity contribution in [2.45, 2.75) is 35.8 Å². The van der Waals surface area contributed by atoms with Crippen LogP contribution in [0.2, 0.25) is 0 Å². The average molecular weight is 212 g/mol. The highest BCUT2D eigenvalue weighted by molar-refractivity contribution is 8.00. The topological polar surface area (TPSA) is 17.1 Å². The fourth-order valence-electron chi connectivity index (χ4n) is 1.66. The van der Waals surface area contributed by atoms with E-state index in [1.807, 2.05) is 17.8 Å². The number of thiophene rings is 1. The first-order valence-corrected chi connectivity index (χ1v) is 6.35. The molecule has 0 amide bonds. The fourth-order valence-corrected chi connectivity index (χ4v) is 3.82. The van der Waals surface area contributed by atoms with Crippen LogP contribution in [0.1, 0.15) is 35.4 Å². The molecule has 13 heavy (non-hydrogen) atoms. The Balaban J connectivity index is 1.96. The molecule has 1 aromatic heterocycles. The second-order valence-corrected chi connectivity index (χ2v) is 5.64. The lowest BCUT2D eigenvalue weighted by atomic mass is 10.4. The molecule has 0 spiro atoms. The molecular weight excluding hydrogens is 200 g/mol. The van der Waals surface area contributed by atoms with Gasteiger partial charge in [-0.1, -0.05) is 12.8 Å². The minimum atomic E-state index is 0.800. The van der Waals surface area contributed by atoms with Gasteiger partial charge < -0.3 is 0 Å². The highest BCUT2D eigenvalue weighted by Gasteiger charge is 2.16. The van der Waals surface area contributed by atoms with E-state index >= 15 is 0 Å². The zero-order valence-corrected chi connectivity index (χ0v) is 9.00. The summed E-state index contributed by atoms with van der Waals surface area (Å²) in [5.41, 5.74) is 0. The summed E-state index contributed by atoms with van der Waals surface area (Å²) in [6, 6.07) is 2.00.